The van der Waals surface area contributed by atoms with Crippen LogP contribution in [0.2, 0.25) is 0 Å². The van der Waals surface area contributed by atoms with Crippen molar-refractivity contribution in [2.75, 3.05) is 30.7 Å². The summed E-state index contributed by atoms with van der Waals surface area (Å²) in [5.41, 5.74) is -1.01. The molecule has 3 rings (SSSR count). The van der Waals surface area contributed by atoms with Crippen molar-refractivity contribution in [3.63, 3.8) is 0 Å². The number of piperidine rings is 1. The number of carboxylic acid groups (broad SMARTS) is 1. The van der Waals surface area contributed by atoms with Crippen LogP contribution in [0.15, 0.2) is 30.3 Å². The van der Waals surface area contributed by atoms with Gasteiger partial charge in [0.05, 0.1) is 24.5 Å². The lowest BCUT2D eigenvalue weighted by Crippen LogP contribution is -2.38. The summed E-state index contributed by atoms with van der Waals surface area (Å²) in [7, 11) is -3.71. The van der Waals surface area contributed by atoms with Crippen molar-refractivity contribution in [1.29, 1.82) is 0 Å². The highest BCUT2D eigenvalue weighted by Gasteiger charge is 2.33. The number of carbonyl (C=O) groups excluding carboxylic acids is 1. The third-order valence-corrected chi connectivity index (χ3v) is 6.80. The average Bonchev–Trinajstić information content (AvgIpc) is 2.85. The van der Waals surface area contributed by atoms with Gasteiger partial charge in [0, 0.05) is 25.2 Å². The zero-order valence-corrected chi connectivity index (χ0v) is 21.9. The fourth-order valence-electron chi connectivity index (χ4n) is 3.94. The lowest BCUT2D eigenvalue weighted by Gasteiger charge is -2.29. The van der Waals surface area contributed by atoms with Crippen molar-refractivity contribution in [2.45, 2.75) is 38.4 Å². The van der Waals surface area contributed by atoms with Gasteiger partial charge in [0.2, 0.25) is 21.8 Å². The van der Waals surface area contributed by atoms with Gasteiger partial charge in [0.1, 0.15) is 11.5 Å². The van der Waals surface area contributed by atoms with E-state index in [4.69, 9.17) is 9.84 Å². The molecule has 1 unspecified atom stereocenters. The molecular weight excluding hydrogens is 548 g/mol. The van der Waals surface area contributed by atoms with Crippen molar-refractivity contribution >= 4 is 27.7 Å². The van der Waals surface area contributed by atoms with Crippen molar-refractivity contribution < 1.29 is 45.4 Å². The van der Waals surface area contributed by atoms with E-state index in [1.54, 1.807) is 0 Å². The van der Waals surface area contributed by atoms with Crippen LogP contribution in [0, 0.1) is 11.7 Å². The van der Waals surface area contributed by atoms with E-state index < -0.39 is 45.6 Å². The van der Waals surface area contributed by atoms with E-state index in [1.807, 2.05) is 4.72 Å². The number of benzene rings is 1. The van der Waals surface area contributed by atoms with Crippen molar-refractivity contribution in [1.82, 2.24) is 15.2 Å². The Bertz CT molecular complexity index is 1310. The Morgan fingerprint density at radius 3 is 2.44 bits per heavy atom. The zero-order valence-electron chi connectivity index (χ0n) is 21.1. The Morgan fingerprint density at radius 1 is 1.21 bits per heavy atom. The molecule has 0 bridgehead atoms. The number of amides is 2. The second-order valence-corrected chi connectivity index (χ2v) is 11.0. The minimum atomic E-state index is -4.72. The fraction of sp³-hybridized carbons (Fsp3) is 0.458. The van der Waals surface area contributed by atoms with Crippen molar-refractivity contribution in [2.24, 2.45) is 5.92 Å². The molecule has 0 spiro atoms. The summed E-state index contributed by atoms with van der Waals surface area (Å²) < 4.78 is 84.4. The van der Waals surface area contributed by atoms with Crippen LogP contribution >= 0.6 is 0 Å². The Balaban J connectivity index is 1.68. The first kappa shape index (κ1) is 29.9. The highest BCUT2D eigenvalue weighted by molar-refractivity contribution is 7.92. The molecule has 0 saturated carbocycles. The molecule has 39 heavy (non-hydrogen) atoms. The standard InChI is InChI=1S/C24H28F4N4O6S/c1-14(16-3-5-19(18(25)11-16)31-39(2,36)37)21(33)29-12-17-4-6-20(24(26,27)28)30-22(17)38-13-15-7-9-32(10-8-15)23(34)35/h3-6,11,14-15,31H,7-10,12-13H2,1-2H3,(H,29,33)(H,34,35). The first-order valence-electron chi connectivity index (χ1n) is 11.9. The topological polar surface area (TPSA) is 138 Å². The molecule has 3 N–H and O–H groups in total. The minimum absolute atomic E-state index is 0.0201. The molecule has 15 heteroatoms. The van der Waals surface area contributed by atoms with E-state index in [0.717, 1.165) is 24.5 Å². The highest BCUT2D eigenvalue weighted by Crippen LogP contribution is 2.31. The van der Waals surface area contributed by atoms with E-state index in [1.165, 1.54) is 24.0 Å². The highest BCUT2D eigenvalue weighted by atomic mass is 32.2. The van der Waals surface area contributed by atoms with E-state index in [9.17, 15) is 35.6 Å². The van der Waals surface area contributed by atoms with Gasteiger partial charge in [-0.15, -0.1) is 0 Å². The molecule has 2 amide bonds. The van der Waals surface area contributed by atoms with Crippen LogP contribution in [-0.2, 0) is 27.5 Å². The van der Waals surface area contributed by atoms with Crippen LogP contribution in [0.5, 0.6) is 5.88 Å². The van der Waals surface area contributed by atoms with E-state index in [0.29, 0.717) is 12.8 Å². The number of likely N-dealkylation sites (tertiary alicyclic amines) is 1. The number of hydrogen-bond donors (Lipinski definition) is 3. The molecule has 1 aromatic carbocycles. The number of carbonyl (C=O) groups is 2. The third-order valence-electron chi connectivity index (χ3n) is 6.21. The molecular formula is C24H28F4N4O6S. The average molecular weight is 577 g/mol. The van der Waals surface area contributed by atoms with Crippen molar-refractivity contribution in [3.05, 3.63) is 53.0 Å². The molecule has 1 aliphatic rings. The number of nitrogens with zero attached hydrogens (tertiary/aromatic N) is 2. The third kappa shape index (κ3) is 8.43. The maximum Gasteiger partial charge on any atom is 0.433 e. The minimum Gasteiger partial charge on any atom is -0.477 e. The van der Waals surface area contributed by atoms with E-state index in [-0.39, 0.29) is 54.9 Å². The van der Waals surface area contributed by atoms with Gasteiger partial charge < -0.3 is 20.1 Å². The van der Waals surface area contributed by atoms with Gasteiger partial charge in [0.25, 0.3) is 0 Å². The molecule has 2 heterocycles. The molecule has 1 atom stereocenters. The molecule has 1 saturated heterocycles. The SMILES string of the molecule is CC(C(=O)NCc1ccc(C(F)(F)F)nc1OCC1CCN(C(=O)O)CC1)c1ccc(NS(C)(=O)=O)c(F)c1. The number of ether oxygens (including phenoxy) is 1. The van der Waals surface area contributed by atoms with Crippen LogP contribution in [-0.4, -0.2) is 61.4 Å². The summed E-state index contributed by atoms with van der Waals surface area (Å²) in [4.78, 5) is 28.6. The number of hydrogen-bond acceptors (Lipinski definition) is 6. The fourth-order valence-corrected chi connectivity index (χ4v) is 4.51. The summed E-state index contributed by atoms with van der Waals surface area (Å²) >= 11 is 0. The van der Waals surface area contributed by atoms with Gasteiger partial charge in [0.15, 0.2) is 0 Å². The van der Waals surface area contributed by atoms with E-state index >= 15 is 0 Å². The Morgan fingerprint density at radius 2 is 1.87 bits per heavy atom. The van der Waals surface area contributed by atoms with Crippen LogP contribution in [0.3, 0.4) is 0 Å². The van der Waals surface area contributed by atoms with Gasteiger partial charge >= 0.3 is 12.3 Å². The first-order valence-corrected chi connectivity index (χ1v) is 13.8. The summed E-state index contributed by atoms with van der Waals surface area (Å²) in [6, 6.07) is 5.50. The molecule has 1 aliphatic heterocycles. The van der Waals surface area contributed by atoms with Crippen molar-refractivity contribution in [3.8, 4) is 5.88 Å². The second-order valence-electron chi connectivity index (χ2n) is 9.24. The first-order chi connectivity index (χ1) is 18.1. The molecule has 0 radical (unpaired) electrons. The summed E-state index contributed by atoms with van der Waals surface area (Å²) in [6.45, 7) is 1.85. The zero-order chi connectivity index (χ0) is 29.0. The Kier molecular flexibility index (Phi) is 9.25. The quantitative estimate of drug-likeness (QED) is 0.386. The van der Waals surface area contributed by atoms with Crippen LogP contribution < -0.4 is 14.8 Å². The normalized spacial score (nSPS) is 15.5. The molecule has 214 valence electrons. The number of rotatable bonds is 9. The monoisotopic (exact) mass is 576 g/mol. The summed E-state index contributed by atoms with van der Waals surface area (Å²) in [5, 5.41) is 11.6. The molecule has 10 nitrogen and oxygen atoms in total. The second kappa shape index (κ2) is 12.1. The van der Waals surface area contributed by atoms with E-state index in [2.05, 4.69) is 10.3 Å². The van der Waals surface area contributed by atoms with Crippen LogP contribution in [0.4, 0.5) is 28.0 Å². The van der Waals surface area contributed by atoms with Gasteiger partial charge in [-0.3, -0.25) is 9.52 Å². The Labute approximate surface area is 222 Å². The number of nitrogens with one attached hydrogen (secondary N) is 2. The van der Waals surface area contributed by atoms with Gasteiger partial charge in [-0.25, -0.2) is 22.6 Å². The number of aromatic nitrogens is 1. The summed E-state index contributed by atoms with van der Waals surface area (Å²) in [6.07, 6.45) is -3.94. The lowest BCUT2D eigenvalue weighted by molar-refractivity contribution is -0.141. The molecule has 1 aromatic heterocycles. The van der Waals surface area contributed by atoms with Gasteiger partial charge in [-0.2, -0.15) is 13.2 Å². The lowest BCUT2D eigenvalue weighted by atomic mass is 9.98. The predicted octanol–water partition coefficient (Wildman–Crippen LogP) is 3.80. The number of sulfonamides is 1. The van der Waals surface area contributed by atoms with Crippen LogP contribution in [0.1, 0.15) is 42.5 Å². The number of pyridine rings is 1. The molecule has 0 aliphatic carbocycles. The smallest absolute Gasteiger partial charge is 0.433 e. The number of anilines is 1. The van der Waals surface area contributed by atoms with Crippen LogP contribution in [0.25, 0.3) is 0 Å². The largest absolute Gasteiger partial charge is 0.477 e. The molecule has 1 fully saturated rings. The number of alkyl halides is 3. The predicted molar refractivity (Wildman–Crippen MR) is 132 cm³/mol. The number of halogens is 4. The molecule has 2 aromatic rings. The van der Waals surface area contributed by atoms with Gasteiger partial charge in [-0.1, -0.05) is 6.07 Å². The maximum atomic E-state index is 14.3. The Hall–Kier alpha value is -3.62. The summed E-state index contributed by atoms with van der Waals surface area (Å²) in [5.74, 6) is -2.72. The maximum absolute atomic E-state index is 14.3. The van der Waals surface area contributed by atoms with Gasteiger partial charge in [-0.05, 0) is 55.5 Å².